The van der Waals surface area contributed by atoms with Crippen molar-refractivity contribution >= 4 is 5.82 Å². The number of H-pyrrole nitrogens is 1. The number of aromatic nitrogens is 2. The van der Waals surface area contributed by atoms with Gasteiger partial charge in [-0.25, -0.2) is 0 Å². The first-order chi connectivity index (χ1) is 5.68. The zero-order valence-electron chi connectivity index (χ0n) is 7.08. The van der Waals surface area contributed by atoms with E-state index in [9.17, 15) is 4.79 Å². The first-order valence-electron chi connectivity index (χ1n) is 4.25. The van der Waals surface area contributed by atoms with Gasteiger partial charge in [-0.3, -0.25) is 14.6 Å². The Morgan fingerprint density at radius 3 is 2.83 bits per heavy atom. The molecule has 1 heterocycles. The molecule has 4 nitrogen and oxygen atoms in total. The van der Waals surface area contributed by atoms with Crippen LogP contribution in [-0.2, 0) is 0 Å². The third-order valence-electron chi connectivity index (χ3n) is 2.50. The number of rotatable bonds is 2. The lowest BCUT2D eigenvalue weighted by molar-refractivity contribution is 0.444. The van der Waals surface area contributed by atoms with Crippen molar-refractivity contribution in [3.8, 4) is 0 Å². The van der Waals surface area contributed by atoms with Gasteiger partial charge in [0.2, 0.25) is 0 Å². The van der Waals surface area contributed by atoms with Crippen molar-refractivity contribution in [1.29, 1.82) is 0 Å². The number of anilines is 1. The minimum Gasteiger partial charge on any atom is -0.384 e. The van der Waals surface area contributed by atoms with Crippen molar-refractivity contribution in [3.05, 3.63) is 16.4 Å². The molecule has 1 atom stereocenters. The van der Waals surface area contributed by atoms with E-state index in [-0.39, 0.29) is 5.56 Å². The standard InChI is InChI=1S/C8H13N3O/c1-5(6-2-3-6)11-7(9)4-8(12)10-11/h4-6H,2-3,9H2,1H3,(H,10,12). The number of hydrogen-bond donors (Lipinski definition) is 2. The highest BCUT2D eigenvalue weighted by molar-refractivity contribution is 5.27. The number of nitrogen functional groups attached to an aromatic ring is 1. The SMILES string of the molecule is CC(C1CC1)n1[nH]c(=O)cc1N. The number of hydrogen-bond acceptors (Lipinski definition) is 2. The van der Waals surface area contributed by atoms with E-state index < -0.39 is 0 Å². The van der Waals surface area contributed by atoms with Gasteiger partial charge in [-0.2, -0.15) is 0 Å². The Hall–Kier alpha value is -1.19. The average Bonchev–Trinajstić information content (AvgIpc) is 2.77. The van der Waals surface area contributed by atoms with E-state index >= 15 is 0 Å². The van der Waals surface area contributed by atoms with Crippen LogP contribution < -0.4 is 11.3 Å². The molecule has 1 fully saturated rings. The Morgan fingerprint density at radius 1 is 1.75 bits per heavy atom. The lowest BCUT2D eigenvalue weighted by Crippen LogP contribution is -2.13. The van der Waals surface area contributed by atoms with E-state index in [1.807, 2.05) is 0 Å². The van der Waals surface area contributed by atoms with Gasteiger partial charge >= 0.3 is 0 Å². The lowest BCUT2D eigenvalue weighted by atomic mass is 10.2. The third kappa shape index (κ3) is 1.13. The number of nitrogens with two attached hydrogens (primary N) is 1. The molecule has 0 aliphatic heterocycles. The van der Waals surface area contributed by atoms with Crippen LogP contribution in [0, 0.1) is 5.92 Å². The average molecular weight is 167 g/mol. The quantitative estimate of drug-likeness (QED) is 0.682. The fourth-order valence-electron chi connectivity index (χ4n) is 1.55. The molecule has 66 valence electrons. The molecule has 1 saturated carbocycles. The summed E-state index contributed by atoms with van der Waals surface area (Å²) in [4.78, 5) is 10.9. The Morgan fingerprint density at radius 2 is 2.42 bits per heavy atom. The maximum atomic E-state index is 10.9. The molecule has 1 aromatic heterocycles. The van der Waals surface area contributed by atoms with Gasteiger partial charge in [-0.1, -0.05) is 0 Å². The molecule has 12 heavy (non-hydrogen) atoms. The summed E-state index contributed by atoms with van der Waals surface area (Å²) in [6.45, 7) is 2.09. The van der Waals surface area contributed by atoms with Crippen LogP contribution >= 0.6 is 0 Å². The van der Waals surface area contributed by atoms with Crippen molar-refractivity contribution in [2.45, 2.75) is 25.8 Å². The van der Waals surface area contributed by atoms with E-state index in [1.165, 1.54) is 18.9 Å². The van der Waals surface area contributed by atoms with Crippen molar-refractivity contribution in [2.75, 3.05) is 5.73 Å². The Labute approximate surface area is 70.4 Å². The molecular weight excluding hydrogens is 154 g/mol. The van der Waals surface area contributed by atoms with Gasteiger partial charge in [0.1, 0.15) is 5.82 Å². The minimum atomic E-state index is -0.111. The second-order valence-electron chi connectivity index (χ2n) is 3.49. The number of nitrogens with zero attached hydrogens (tertiary/aromatic N) is 1. The molecule has 0 bridgehead atoms. The Balaban J connectivity index is 2.31. The second-order valence-corrected chi connectivity index (χ2v) is 3.49. The molecule has 1 aliphatic carbocycles. The van der Waals surface area contributed by atoms with Crippen LogP contribution in [0.3, 0.4) is 0 Å². The molecule has 0 amide bonds. The van der Waals surface area contributed by atoms with Gasteiger partial charge in [0.25, 0.3) is 5.56 Å². The normalized spacial score (nSPS) is 19.4. The highest BCUT2D eigenvalue weighted by atomic mass is 16.1. The molecule has 1 aliphatic rings. The summed E-state index contributed by atoms with van der Waals surface area (Å²) in [6, 6.07) is 1.77. The Bertz CT molecular complexity index is 334. The summed E-state index contributed by atoms with van der Waals surface area (Å²) in [6.07, 6.45) is 2.50. The van der Waals surface area contributed by atoms with Gasteiger partial charge in [-0.15, -0.1) is 0 Å². The van der Waals surface area contributed by atoms with Crippen LogP contribution in [0.2, 0.25) is 0 Å². The van der Waals surface area contributed by atoms with Crippen LogP contribution in [-0.4, -0.2) is 9.78 Å². The summed E-state index contributed by atoms with van der Waals surface area (Å²) in [5.41, 5.74) is 5.53. The van der Waals surface area contributed by atoms with Crippen LogP contribution in [0.15, 0.2) is 10.9 Å². The van der Waals surface area contributed by atoms with Crippen LogP contribution in [0.5, 0.6) is 0 Å². The van der Waals surface area contributed by atoms with Crippen molar-refractivity contribution in [3.63, 3.8) is 0 Å². The summed E-state index contributed by atoms with van der Waals surface area (Å²) in [5.74, 6) is 1.25. The fourth-order valence-corrected chi connectivity index (χ4v) is 1.55. The Kier molecular flexibility index (Phi) is 1.49. The van der Waals surface area contributed by atoms with Crippen LogP contribution in [0.25, 0.3) is 0 Å². The molecule has 0 saturated heterocycles. The highest BCUT2D eigenvalue weighted by Crippen LogP contribution is 2.39. The third-order valence-corrected chi connectivity index (χ3v) is 2.50. The summed E-state index contributed by atoms with van der Waals surface area (Å²) in [5, 5.41) is 2.70. The van der Waals surface area contributed by atoms with Crippen molar-refractivity contribution in [2.24, 2.45) is 5.92 Å². The van der Waals surface area contributed by atoms with Crippen molar-refractivity contribution in [1.82, 2.24) is 9.78 Å². The summed E-state index contributed by atoms with van der Waals surface area (Å²) < 4.78 is 1.76. The summed E-state index contributed by atoms with van der Waals surface area (Å²) >= 11 is 0. The predicted molar refractivity (Wildman–Crippen MR) is 46.9 cm³/mol. The van der Waals surface area contributed by atoms with E-state index in [1.54, 1.807) is 4.68 Å². The molecule has 2 rings (SSSR count). The topological polar surface area (TPSA) is 63.8 Å². The van der Waals surface area contributed by atoms with Crippen LogP contribution in [0.4, 0.5) is 5.82 Å². The molecule has 4 heteroatoms. The highest BCUT2D eigenvalue weighted by Gasteiger charge is 2.30. The molecule has 0 spiro atoms. The smallest absolute Gasteiger partial charge is 0.266 e. The van der Waals surface area contributed by atoms with E-state index in [0.717, 1.165) is 0 Å². The largest absolute Gasteiger partial charge is 0.384 e. The van der Waals surface area contributed by atoms with Crippen LogP contribution in [0.1, 0.15) is 25.8 Å². The number of aromatic amines is 1. The molecule has 0 aromatic carbocycles. The molecular formula is C8H13N3O. The lowest BCUT2D eigenvalue weighted by Gasteiger charge is -2.12. The van der Waals surface area contributed by atoms with Gasteiger partial charge in [0.15, 0.2) is 0 Å². The second kappa shape index (κ2) is 2.40. The van der Waals surface area contributed by atoms with E-state index in [4.69, 9.17) is 5.73 Å². The molecule has 1 unspecified atom stereocenters. The molecule has 0 radical (unpaired) electrons. The maximum Gasteiger partial charge on any atom is 0.266 e. The fraction of sp³-hybridized carbons (Fsp3) is 0.625. The molecule has 3 N–H and O–H groups in total. The van der Waals surface area contributed by atoms with Gasteiger partial charge < -0.3 is 5.73 Å². The zero-order valence-corrected chi connectivity index (χ0v) is 7.08. The zero-order chi connectivity index (χ0) is 8.72. The summed E-state index contributed by atoms with van der Waals surface area (Å²) in [7, 11) is 0. The van der Waals surface area contributed by atoms with E-state index in [0.29, 0.717) is 17.8 Å². The van der Waals surface area contributed by atoms with Gasteiger partial charge in [0, 0.05) is 6.07 Å². The molecule has 1 aromatic rings. The minimum absolute atomic E-state index is 0.111. The number of nitrogens with one attached hydrogen (secondary N) is 1. The van der Waals surface area contributed by atoms with Crippen molar-refractivity contribution < 1.29 is 0 Å². The van der Waals surface area contributed by atoms with E-state index in [2.05, 4.69) is 12.0 Å². The first-order valence-corrected chi connectivity index (χ1v) is 4.25. The first kappa shape index (κ1) is 7.46. The monoisotopic (exact) mass is 167 g/mol. The van der Waals surface area contributed by atoms with Gasteiger partial charge in [-0.05, 0) is 25.7 Å². The maximum absolute atomic E-state index is 10.9. The predicted octanol–water partition coefficient (Wildman–Crippen LogP) is 0.730. The van der Waals surface area contributed by atoms with Gasteiger partial charge in [0.05, 0.1) is 6.04 Å².